The summed E-state index contributed by atoms with van der Waals surface area (Å²) in [6, 6.07) is 11.4. The van der Waals surface area contributed by atoms with E-state index in [2.05, 4.69) is 15.3 Å². The maximum atomic E-state index is 13.0. The average Bonchev–Trinajstić information content (AvgIpc) is 2.57. The van der Waals surface area contributed by atoms with E-state index in [1.165, 1.54) is 0 Å². The number of nitrogens with two attached hydrogens (primary N) is 1. The minimum absolute atomic E-state index is 0.00280. The van der Waals surface area contributed by atoms with E-state index in [-0.39, 0.29) is 5.78 Å². The molecule has 0 amide bonds. The third kappa shape index (κ3) is 1.72. The van der Waals surface area contributed by atoms with Gasteiger partial charge in [-0.1, -0.05) is 24.3 Å². The van der Waals surface area contributed by atoms with Crippen LogP contribution < -0.4 is 11.1 Å². The molecule has 0 saturated heterocycles. The number of carbonyl (C=O) groups excluding carboxylic acids is 1. The Morgan fingerprint density at radius 2 is 1.86 bits per heavy atom. The molecule has 1 heterocycles. The SMILES string of the molecule is NCCNc1ccc2ncnc3c2c1C(=O)c1ccccc1-3. The van der Waals surface area contributed by atoms with Gasteiger partial charge in [0.05, 0.1) is 16.8 Å². The molecule has 3 N–H and O–H groups in total. The van der Waals surface area contributed by atoms with E-state index >= 15 is 0 Å². The second kappa shape index (κ2) is 4.89. The highest BCUT2D eigenvalue weighted by Gasteiger charge is 2.28. The molecule has 3 aromatic rings. The zero-order valence-electron chi connectivity index (χ0n) is 11.8. The molecule has 0 aliphatic heterocycles. The maximum absolute atomic E-state index is 13.0. The lowest BCUT2D eigenvalue weighted by Gasteiger charge is -2.21. The van der Waals surface area contributed by atoms with E-state index in [1.807, 2.05) is 36.4 Å². The normalized spacial score (nSPS) is 12.3. The third-order valence-electron chi connectivity index (χ3n) is 3.92. The number of hydrogen-bond acceptors (Lipinski definition) is 5. The number of carbonyl (C=O) groups is 1. The summed E-state index contributed by atoms with van der Waals surface area (Å²) >= 11 is 0. The molecular formula is C17H14N4O. The minimum Gasteiger partial charge on any atom is -0.383 e. The summed E-state index contributed by atoms with van der Waals surface area (Å²) in [6.07, 6.45) is 1.54. The number of aromatic nitrogens is 2. The molecule has 0 bridgehead atoms. The second-order valence-corrected chi connectivity index (χ2v) is 5.19. The lowest BCUT2D eigenvalue weighted by molar-refractivity contribution is 0.104. The maximum Gasteiger partial charge on any atom is 0.196 e. The second-order valence-electron chi connectivity index (χ2n) is 5.19. The number of nitrogens with zero attached hydrogens (tertiary/aromatic N) is 2. The number of nitrogens with one attached hydrogen (secondary N) is 1. The lowest BCUT2D eigenvalue weighted by atomic mass is 9.86. The van der Waals surface area contributed by atoms with Gasteiger partial charge in [-0.25, -0.2) is 9.97 Å². The highest BCUT2D eigenvalue weighted by Crippen LogP contribution is 2.40. The van der Waals surface area contributed by atoms with Crippen molar-refractivity contribution >= 4 is 22.4 Å². The van der Waals surface area contributed by atoms with Crippen LogP contribution in [0.5, 0.6) is 0 Å². The molecule has 0 fully saturated rings. The van der Waals surface area contributed by atoms with Gasteiger partial charge >= 0.3 is 0 Å². The molecule has 1 aromatic heterocycles. The van der Waals surface area contributed by atoms with E-state index in [9.17, 15) is 4.79 Å². The predicted molar refractivity (Wildman–Crippen MR) is 86.0 cm³/mol. The van der Waals surface area contributed by atoms with Crippen molar-refractivity contribution in [2.75, 3.05) is 18.4 Å². The summed E-state index contributed by atoms with van der Waals surface area (Å²) in [5.41, 5.74) is 10.1. The molecule has 2 aromatic carbocycles. The molecular weight excluding hydrogens is 276 g/mol. The van der Waals surface area contributed by atoms with Crippen LogP contribution >= 0.6 is 0 Å². The van der Waals surface area contributed by atoms with Crippen molar-refractivity contribution < 1.29 is 4.79 Å². The van der Waals surface area contributed by atoms with Gasteiger partial charge in [0.25, 0.3) is 0 Å². The van der Waals surface area contributed by atoms with Gasteiger partial charge in [-0.3, -0.25) is 4.79 Å². The Bertz CT molecular complexity index is 904. The highest BCUT2D eigenvalue weighted by atomic mass is 16.1. The smallest absolute Gasteiger partial charge is 0.196 e. The van der Waals surface area contributed by atoms with Crippen molar-refractivity contribution in [1.82, 2.24) is 9.97 Å². The summed E-state index contributed by atoms with van der Waals surface area (Å²) in [6.45, 7) is 1.11. The van der Waals surface area contributed by atoms with Crippen molar-refractivity contribution in [1.29, 1.82) is 0 Å². The van der Waals surface area contributed by atoms with Gasteiger partial charge in [0.15, 0.2) is 5.78 Å². The van der Waals surface area contributed by atoms with Crippen LogP contribution in [0.2, 0.25) is 0 Å². The Morgan fingerprint density at radius 3 is 2.68 bits per heavy atom. The Morgan fingerprint density at radius 1 is 1.05 bits per heavy atom. The first-order chi connectivity index (χ1) is 10.8. The monoisotopic (exact) mass is 290 g/mol. The fourth-order valence-corrected chi connectivity index (χ4v) is 2.97. The minimum atomic E-state index is 0.00280. The van der Waals surface area contributed by atoms with Crippen molar-refractivity contribution in [3.63, 3.8) is 0 Å². The number of benzene rings is 2. The molecule has 1 aliphatic carbocycles. The third-order valence-corrected chi connectivity index (χ3v) is 3.92. The standard InChI is InChI=1S/C17H14N4O/c18-7-8-19-13-6-5-12-14-15(13)17(22)11-4-2-1-3-10(11)16(14)21-9-20-12/h1-6,9,19H,7-8,18H2. The van der Waals surface area contributed by atoms with Crippen LogP contribution in [0.3, 0.4) is 0 Å². The van der Waals surface area contributed by atoms with E-state index < -0.39 is 0 Å². The molecule has 0 spiro atoms. The zero-order valence-corrected chi connectivity index (χ0v) is 11.8. The number of hydrogen-bond donors (Lipinski definition) is 2. The van der Waals surface area contributed by atoms with Crippen LogP contribution in [0.4, 0.5) is 5.69 Å². The first-order valence-corrected chi connectivity index (χ1v) is 7.17. The van der Waals surface area contributed by atoms with E-state index in [1.54, 1.807) is 6.33 Å². The van der Waals surface area contributed by atoms with Crippen molar-refractivity contribution in [3.8, 4) is 11.3 Å². The summed E-state index contributed by atoms with van der Waals surface area (Å²) in [5, 5.41) is 4.04. The number of rotatable bonds is 3. The number of anilines is 1. The van der Waals surface area contributed by atoms with Gasteiger partial charge in [0.2, 0.25) is 0 Å². The quantitative estimate of drug-likeness (QED) is 0.604. The Hall–Kier alpha value is -2.79. The summed E-state index contributed by atoms with van der Waals surface area (Å²) < 4.78 is 0. The first kappa shape index (κ1) is 12.9. The van der Waals surface area contributed by atoms with Gasteiger partial charge < -0.3 is 11.1 Å². The fourth-order valence-electron chi connectivity index (χ4n) is 2.97. The largest absolute Gasteiger partial charge is 0.383 e. The van der Waals surface area contributed by atoms with Crippen LogP contribution in [-0.4, -0.2) is 28.8 Å². The molecule has 22 heavy (non-hydrogen) atoms. The lowest BCUT2D eigenvalue weighted by Crippen LogP contribution is -2.18. The summed E-state index contributed by atoms with van der Waals surface area (Å²) in [5.74, 6) is 0.00280. The Balaban J connectivity index is 2.09. The molecule has 0 radical (unpaired) electrons. The number of ketones is 1. The predicted octanol–water partition coefficient (Wildman–Crippen LogP) is 2.21. The highest BCUT2D eigenvalue weighted by molar-refractivity contribution is 6.27. The zero-order chi connectivity index (χ0) is 15.1. The van der Waals surface area contributed by atoms with Crippen LogP contribution in [0.1, 0.15) is 15.9 Å². The van der Waals surface area contributed by atoms with Crippen LogP contribution in [-0.2, 0) is 0 Å². The van der Waals surface area contributed by atoms with E-state index in [0.29, 0.717) is 24.2 Å². The molecule has 0 saturated carbocycles. The van der Waals surface area contributed by atoms with E-state index in [4.69, 9.17) is 5.73 Å². The molecule has 108 valence electrons. The Kier molecular flexibility index (Phi) is 2.87. The Labute approximate surface area is 127 Å². The van der Waals surface area contributed by atoms with Gasteiger partial charge in [-0.2, -0.15) is 0 Å². The fraction of sp³-hybridized carbons (Fsp3) is 0.118. The van der Waals surface area contributed by atoms with E-state index in [0.717, 1.165) is 27.8 Å². The van der Waals surface area contributed by atoms with Crippen molar-refractivity contribution in [2.45, 2.75) is 0 Å². The van der Waals surface area contributed by atoms with Crippen LogP contribution in [0.25, 0.3) is 22.2 Å². The van der Waals surface area contributed by atoms with Crippen LogP contribution in [0.15, 0.2) is 42.7 Å². The molecule has 5 heteroatoms. The summed E-state index contributed by atoms with van der Waals surface area (Å²) in [4.78, 5) is 21.7. The molecule has 0 unspecified atom stereocenters. The number of fused-ring (bicyclic) bond motifs is 2. The molecule has 4 rings (SSSR count). The molecule has 1 aliphatic rings. The van der Waals surface area contributed by atoms with Gasteiger partial charge in [-0.15, -0.1) is 0 Å². The summed E-state index contributed by atoms with van der Waals surface area (Å²) in [7, 11) is 0. The van der Waals surface area contributed by atoms with Crippen molar-refractivity contribution in [2.24, 2.45) is 5.73 Å². The van der Waals surface area contributed by atoms with Gasteiger partial charge in [0, 0.05) is 35.3 Å². The van der Waals surface area contributed by atoms with Gasteiger partial charge in [-0.05, 0) is 12.1 Å². The topological polar surface area (TPSA) is 80.9 Å². The average molecular weight is 290 g/mol. The van der Waals surface area contributed by atoms with Crippen molar-refractivity contribution in [3.05, 3.63) is 53.9 Å². The molecule has 5 nitrogen and oxygen atoms in total. The molecule has 0 atom stereocenters. The van der Waals surface area contributed by atoms with Gasteiger partial charge in [0.1, 0.15) is 6.33 Å². The first-order valence-electron chi connectivity index (χ1n) is 7.17. The van der Waals surface area contributed by atoms with Crippen LogP contribution in [0, 0.1) is 0 Å².